The molecule has 0 aromatic rings. The van der Waals surface area contributed by atoms with Crippen molar-refractivity contribution in [1.82, 2.24) is 0 Å². The van der Waals surface area contributed by atoms with E-state index in [1.54, 1.807) is 13.0 Å². The number of aliphatic hydroxyl groups is 2. The predicted molar refractivity (Wildman–Crippen MR) is 147 cm³/mol. The number of nitrogens with zero attached hydrogens (tertiary/aromatic N) is 2. The van der Waals surface area contributed by atoms with E-state index in [4.69, 9.17) is 15.2 Å². The zero-order chi connectivity index (χ0) is 33.3. The van der Waals surface area contributed by atoms with Crippen molar-refractivity contribution in [2.45, 2.75) is 76.2 Å². The third-order valence-electron chi connectivity index (χ3n) is 10.2. The van der Waals surface area contributed by atoms with E-state index in [2.05, 4.69) is 9.68 Å². The minimum absolute atomic E-state index is 0.0198. The third-order valence-corrected chi connectivity index (χ3v) is 10.2. The van der Waals surface area contributed by atoms with Crippen molar-refractivity contribution >= 4 is 23.5 Å². The quantitative estimate of drug-likeness (QED) is 0.138. The fourth-order valence-corrected chi connectivity index (χ4v) is 8.03. The summed E-state index contributed by atoms with van der Waals surface area (Å²) in [5.41, 5.74) is 3.22. The normalized spacial score (nSPS) is 34.6. The molecule has 0 spiro atoms. The molecule has 45 heavy (non-hydrogen) atoms. The van der Waals surface area contributed by atoms with E-state index < -0.39 is 88.8 Å². The molecule has 0 aromatic carbocycles. The van der Waals surface area contributed by atoms with Crippen molar-refractivity contribution in [2.75, 3.05) is 19.8 Å². The Bertz CT molecular complexity index is 1320. The Morgan fingerprint density at radius 2 is 1.84 bits per heavy atom. The molecule has 248 valence electrons. The summed E-state index contributed by atoms with van der Waals surface area (Å²) in [4.78, 5) is 79.0. The van der Waals surface area contributed by atoms with Gasteiger partial charge >= 0.3 is 11.9 Å². The summed E-state index contributed by atoms with van der Waals surface area (Å²) in [6, 6.07) is -1.61. The van der Waals surface area contributed by atoms with Gasteiger partial charge in [0.2, 0.25) is 5.78 Å². The maximum absolute atomic E-state index is 13.4. The number of fused-ring (bicyclic) bond motifs is 5. The van der Waals surface area contributed by atoms with Crippen LogP contribution >= 0.6 is 0 Å². The fraction of sp³-hybridized carbons (Fsp3) is 0.714. The summed E-state index contributed by atoms with van der Waals surface area (Å²) >= 11 is 0. The lowest BCUT2D eigenvalue weighted by atomic mass is 9.46. The topological polar surface area (TPSA) is 258 Å². The van der Waals surface area contributed by atoms with E-state index in [0.29, 0.717) is 19.3 Å². The lowest BCUT2D eigenvalue weighted by Crippen LogP contribution is -2.61. The van der Waals surface area contributed by atoms with Crippen LogP contribution in [0.15, 0.2) is 23.8 Å². The average Bonchev–Trinajstić information content (AvgIpc) is 3.23. The predicted octanol–water partition coefficient (Wildman–Crippen LogP) is 0.154. The second-order valence-corrected chi connectivity index (χ2v) is 12.6. The lowest BCUT2D eigenvalue weighted by Gasteiger charge is -2.59. The van der Waals surface area contributed by atoms with Gasteiger partial charge in [-0.1, -0.05) is 25.5 Å². The highest BCUT2D eigenvalue weighted by Gasteiger charge is 2.68. The zero-order valence-corrected chi connectivity index (χ0v) is 24.8. The number of Topliss-reactive ketones (excluding diaryl/α,β-unsaturated/α-hetero) is 1. The molecule has 4 aliphatic rings. The van der Waals surface area contributed by atoms with Crippen LogP contribution in [0.4, 0.5) is 0 Å². The van der Waals surface area contributed by atoms with Gasteiger partial charge < -0.3 is 35.1 Å². The van der Waals surface area contributed by atoms with Crippen LogP contribution in [-0.2, 0) is 38.3 Å². The number of rotatable bonds is 13. The number of ether oxygens (including phenoxy) is 2. The highest BCUT2D eigenvalue weighted by atomic mass is 17.0. The van der Waals surface area contributed by atoms with Crippen molar-refractivity contribution in [1.29, 1.82) is 0 Å². The Morgan fingerprint density at radius 1 is 1.13 bits per heavy atom. The number of hydrogen-bond acceptors (Lipinski definition) is 15. The van der Waals surface area contributed by atoms with Crippen LogP contribution in [0, 0.1) is 48.8 Å². The third kappa shape index (κ3) is 6.55. The number of carbonyl (C=O) groups excluding carboxylic acids is 4. The first-order chi connectivity index (χ1) is 21.0. The second kappa shape index (κ2) is 12.8. The average molecular weight is 640 g/mol. The van der Waals surface area contributed by atoms with E-state index in [1.807, 2.05) is 13.0 Å². The molecule has 0 aromatic heterocycles. The van der Waals surface area contributed by atoms with E-state index in [-0.39, 0.29) is 36.4 Å². The number of aliphatic hydroxyl groups excluding tert-OH is 1. The van der Waals surface area contributed by atoms with Crippen LogP contribution in [0.1, 0.15) is 52.4 Å². The summed E-state index contributed by atoms with van der Waals surface area (Å²) in [5.74, 6) is -3.43. The largest absolute Gasteiger partial charge is 0.462 e. The van der Waals surface area contributed by atoms with Crippen molar-refractivity contribution in [3.05, 3.63) is 44.0 Å². The summed E-state index contributed by atoms with van der Waals surface area (Å²) in [5, 5.41) is 41.6. The molecule has 0 radical (unpaired) electrons. The molecule has 0 bridgehead atoms. The van der Waals surface area contributed by atoms with Gasteiger partial charge in [-0.3, -0.25) is 19.2 Å². The second-order valence-electron chi connectivity index (χ2n) is 12.6. The minimum Gasteiger partial charge on any atom is -0.462 e. The Morgan fingerprint density at radius 3 is 2.51 bits per heavy atom. The number of esters is 2. The monoisotopic (exact) mass is 639 g/mol. The molecule has 17 heteroatoms. The van der Waals surface area contributed by atoms with Crippen molar-refractivity contribution in [3.63, 3.8) is 0 Å². The van der Waals surface area contributed by atoms with Crippen LogP contribution < -0.4 is 5.73 Å². The lowest BCUT2D eigenvalue weighted by molar-refractivity contribution is -0.790. The van der Waals surface area contributed by atoms with Gasteiger partial charge in [0.05, 0.1) is 12.5 Å². The summed E-state index contributed by atoms with van der Waals surface area (Å²) in [6.45, 7) is 1.21. The highest BCUT2D eigenvalue weighted by molar-refractivity contribution is 6.01. The number of carbonyl (C=O) groups is 4. The van der Waals surface area contributed by atoms with Gasteiger partial charge in [-0.15, -0.1) is 20.2 Å². The maximum Gasteiger partial charge on any atom is 0.323 e. The molecule has 2 unspecified atom stereocenters. The summed E-state index contributed by atoms with van der Waals surface area (Å²) in [7, 11) is 0. The van der Waals surface area contributed by atoms with Crippen LogP contribution in [0.3, 0.4) is 0 Å². The van der Waals surface area contributed by atoms with E-state index in [1.165, 1.54) is 6.08 Å². The van der Waals surface area contributed by atoms with Gasteiger partial charge in [-0.2, -0.15) is 0 Å². The van der Waals surface area contributed by atoms with E-state index in [9.17, 15) is 49.6 Å². The fourth-order valence-electron chi connectivity index (χ4n) is 8.03. The van der Waals surface area contributed by atoms with E-state index >= 15 is 0 Å². The first-order valence-corrected chi connectivity index (χ1v) is 14.6. The van der Waals surface area contributed by atoms with Gasteiger partial charge in [0.25, 0.3) is 10.2 Å². The number of nitrogens with two attached hydrogens (primary N) is 1. The molecule has 0 amide bonds. The van der Waals surface area contributed by atoms with Crippen LogP contribution in [0.5, 0.6) is 0 Å². The molecule has 0 saturated heterocycles. The molecular weight excluding hydrogens is 602 g/mol. The van der Waals surface area contributed by atoms with Crippen molar-refractivity contribution in [3.8, 4) is 0 Å². The van der Waals surface area contributed by atoms with Crippen LogP contribution in [0.25, 0.3) is 0 Å². The first kappa shape index (κ1) is 33.9. The first-order valence-electron chi connectivity index (χ1n) is 14.6. The van der Waals surface area contributed by atoms with Gasteiger partial charge in [-0.25, -0.2) is 0 Å². The molecule has 0 heterocycles. The number of hydrogen-bond donors (Lipinski definition) is 3. The van der Waals surface area contributed by atoms with Gasteiger partial charge in [-0.05, 0) is 56.1 Å². The molecule has 0 aliphatic heterocycles. The summed E-state index contributed by atoms with van der Waals surface area (Å²) in [6.07, 6.45) is 3.88. The van der Waals surface area contributed by atoms with Gasteiger partial charge in [0, 0.05) is 16.7 Å². The maximum atomic E-state index is 13.4. The minimum atomic E-state index is -1.89. The smallest absolute Gasteiger partial charge is 0.323 e. The van der Waals surface area contributed by atoms with Crippen molar-refractivity contribution < 1.29 is 58.7 Å². The number of ketones is 2. The standard InChI is InChI=1S/C28H37N3O14/c1-26-7-5-16(32)9-15(26)3-4-18-19-6-8-28(37,27(19,2)11-21(33)24(18)26)22(34)14-42-23(35)10-20(29)25(36)43-12-17(45-31(40)41)13-44-30(38)39/h5,7,9,17-21,24,33,37H,3-4,6,8,10-14,29H2,1-2H3/t17?,18-,19-,20?,21-,24+,26-,27-,28-/m0/s1. The van der Waals surface area contributed by atoms with Crippen molar-refractivity contribution in [2.24, 2.45) is 34.3 Å². The van der Waals surface area contributed by atoms with Gasteiger partial charge in [0.1, 0.15) is 24.9 Å². The zero-order valence-electron chi connectivity index (χ0n) is 24.8. The molecule has 17 nitrogen and oxygen atoms in total. The Balaban J connectivity index is 1.33. The van der Waals surface area contributed by atoms with Crippen LogP contribution in [-0.4, -0.2) is 87.6 Å². The molecule has 9 atom stereocenters. The molecule has 3 fully saturated rings. The number of allylic oxidation sites excluding steroid dienone is 4. The molecular formula is C28H37N3O14. The Hall–Kier alpha value is -3.96. The molecule has 4 rings (SSSR count). The van der Waals surface area contributed by atoms with Crippen LogP contribution in [0.2, 0.25) is 0 Å². The Labute approximate surface area is 256 Å². The summed E-state index contributed by atoms with van der Waals surface area (Å²) < 4.78 is 9.78. The SMILES string of the molecule is C[C@]12C=CC(=O)C=C1CC[C@@H]1[C@@H]2[C@@H](O)C[C@@]2(C)[C@H]1CC[C@]2(O)C(=O)COC(=O)CC(N)C(=O)OCC(CO[N+](=O)[O-])O[N+](=O)[O-]. The Kier molecular flexibility index (Phi) is 9.65. The molecule has 4 aliphatic carbocycles. The molecule has 3 saturated carbocycles. The molecule has 4 N–H and O–H groups in total. The van der Waals surface area contributed by atoms with Gasteiger partial charge in [0.15, 0.2) is 18.5 Å². The van der Waals surface area contributed by atoms with E-state index in [0.717, 1.165) is 5.57 Å². The highest BCUT2D eigenvalue weighted by Crippen LogP contribution is 2.67.